The molecule has 0 radical (unpaired) electrons. The van der Waals surface area contributed by atoms with Crippen LogP contribution in [0, 0.1) is 10.1 Å². The minimum Gasteiger partial charge on any atom is -0.442 e. The third-order valence-electron chi connectivity index (χ3n) is 3.44. The van der Waals surface area contributed by atoms with Crippen molar-refractivity contribution in [3.63, 3.8) is 0 Å². The SMILES string of the molecule is CC(C)(C)OC(=O)N1CC/C=C\CCN1c1ccc([N+](=O)[O-])cc1. The average Bonchev–Trinajstić information content (AvgIpc) is 2.45. The van der Waals surface area contributed by atoms with E-state index in [1.165, 1.54) is 12.1 Å². The highest BCUT2D eigenvalue weighted by Crippen LogP contribution is 2.24. The number of amides is 1. The highest BCUT2D eigenvalue weighted by molar-refractivity contribution is 5.71. The van der Waals surface area contributed by atoms with Crippen LogP contribution in [0.1, 0.15) is 33.6 Å². The quantitative estimate of drug-likeness (QED) is 0.466. The molecule has 0 aromatic heterocycles. The van der Waals surface area contributed by atoms with E-state index in [0.29, 0.717) is 13.1 Å². The standard InChI is InChI=1S/C17H23N3O4/c1-17(2,3)24-16(21)19-13-7-5-4-6-12-18(19)14-8-10-15(11-9-14)20(22)23/h4-5,8-11H,6-7,12-13H2,1-3H3/b5-4-. The number of anilines is 1. The zero-order valence-corrected chi connectivity index (χ0v) is 14.3. The van der Waals surface area contributed by atoms with Crippen LogP contribution in [0.15, 0.2) is 36.4 Å². The van der Waals surface area contributed by atoms with E-state index >= 15 is 0 Å². The van der Waals surface area contributed by atoms with Crippen molar-refractivity contribution in [2.75, 3.05) is 18.1 Å². The van der Waals surface area contributed by atoms with E-state index < -0.39 is 16.6 Å². The second-order valence-electron chi connectivity index (χ2n) is 6.55. The molecule has 7 heteroatoms. The molecule has 2 rings (SSSR count). The summed E-state index contributed by atoms with van der Waals surface area (Å²) in [5.74, 6) is 0. The smallest absolute Gasteiger partial charge is 0.429 e. The number of hydrogen-bond donors (Lipinski definition) is 0. The number of carbonyl (C=O) groups excluding carboxylic acids is 1. The van der Waals surface area contributed by atoms with Gasteiger partial charge in [-0.15, -0.1) is 0 Å². The molecule has 0 unspecified atom stereocenters. The first-order chi connectivity index (χ1) is 11.3. The van der Waals surface area contributed by atoms with Gasteiger partial charge in [0.1, 0.15) is 5.60 Å². The first kappa shape index (κ1) is 17.8. The maximum absolute atomic E-state index is 12.6. The summed E-state index contributed by atoms with van der Waals surface area (Å²) >= 11 is 0. The number of carbonyl (C=O) groups is 1. The van der Waals surface area contributed by atoms with E-state index in [-0.39, 0.29) is 5.69 Å². The molecule has 0 fully saturated rings. The molecule has 0 spiro atoms. The van der Waals surface area contributed by atoms with Crippen LogP contribution in [-0.2, 0) is 4.74 Å². The van der Waals surface area contributed by atoms with Gasteiger partial charge in [0.15, 0.2) is 0 Å². The molecule has 24 heavy (non-hydrogen) atoms. The lowest BCUT2D eigenvalue weighted by Crippen LogP contribution is -2.50. The fraction of sp³-hybridized carbons (Fsp3) is 0.471. The zero-order valence-electron chi connectivity index (χ0n) is 14.3. The Bertz CT molecular complexity index is 620. The van der Waals surface area contributed by atoms with Crippen LogP contribution < -0.4 is 5.01 Å². The van der Waals surface area contributed by atoms with Crippen molar-refractivity contribution < 1.29 is 14.5 Å². The lowest BCUT2D eigenvalue weighted by atomic mass is 10.2. The van der Waals surface area contributed by atoms with Gasteiger partial charge >= 0.3 is 6.09 Å². The molecule has 1 amide bonds. The van der Waals surface area contributed by atoms with Gasteiger partial charge in [-0.25, -0.2) is 9.80 Å². The number of hydrazine groups is 1. The zero-order chi connectivity index (χ0) is 17.7. The summed E-state index contributed by atoms with van der Waals surface area (Å²) in [6.45, 7) is 6.55. The highest BCUT2D eigenvalue weighted by atomic mass is 16.6. The molecule has 1 heterocycles. The van der Waals surface area contributed by atoms with Crippen molar-refractivity contribution in [3.8, 4) is 0 Å². The van der Waals surface area contributed by atoms with Crippen molar-refractivity contribution in [1.82, 2.24) is 5.01 Å². The minimum absolute atomic E-state index is 0.0227. The van der Waals surface area contributed by atoms with Crippen LogP contribution in [-0.4, -0.2) is 34.7 Å². The summed E-state index contributed by atoms with van der Waals surface area (Å²) in [7, 11) is 0. The van der Waals surface area contributed by atoms with Crippen LogP contribution in [0.25, 0.3) is 0 Å². The number of hydrogen-bond acceptors (Lipinski definition) is 5. The van der Waals surface area contributed by atoms with E-state index in [0.717, 1.165) is 18.5 Å². The van der Waals surface area contributed by atoms with Crippen LogP contribution in [0.2, 0.25) is 0 Å². The number of non-ortho nitro benzene ring substituents is 1. The minimum atomic E-state index is -0.587. The molecule has 1 aromatic carbocycles. The Morgan fingerprint density at radius 1 is 1.12 bits per heavy atom. The fourth-order valence-corrected chi connectivity index (χ4v) is 2.39. The molecular formula is C17H23N3O4. The number of rotatable bonds is 2. The van der Waals surface area contributed by atoms with E-state index in [4.69, 9.17) is 4.74 Å². The predicted octanol–water partition coefficient (Wildman–Crippen LogP) is 3.90. The summed E-state index contributed by atoms with van der Waals surface area (Å²) in [5, 5.41) is 14.2. The number of ether oxygens (including phenoxy) is 1. The average molecular weight is 333 g/mol. The fourth-order valence-electron chi connectivity index (χ4n) is 2.39. The molecule has 0 aliphatic carbocycles. The lowest BCUT2D eigenvalue weighted by molar-refractivity contribution is -0.384. The first-order valence-corrected chi connectivity index (χ1v) is 7.95. The summed E-state index contributed by atoms with van der Waals surface area (Å²) in [5.41, 5.74) is 0.160. The maximum Gasteiger partial charge on any atom is 0.429 e. The van der Waals surface area contributed by atoms with Crippen LogP contribution in [0.5, 0.6) is 0 Å². The van der Waals surface area contributed by atoms with Crippen LogP contribution >= 0.6 is 0 Å². The van der Waals surface area contributed by atoms with Crippen molar-refractivity contribution >= 4 is 17.5 Å². The van der Waals surface area contributed by atoms with Crippen LogP contribution in [0.3, 0.4) is 0 Å². The molecule has 0 saturated carbocycles. The van der Waals surface area contributed by atoms with E-state index in [9.17, 15) is 14.9 Å². The molecule has 0 saturated heterocycles. The summed E-state index contributed by atoms with van der Waals surface area (Å²) in [6, 6.07) is 6.19. The second kappa shape index (κ2) is 7.33. The molecule has 1 aromatic rings. The molecule has 7 nitrogen and oxygen atoms in total. The van der Waals surface area contributed by atoms with Gasteiger partial charge < -0.3 is 4.74 Å². The molecule has 0 atom stereocenters. The Morgan fingerprint density at radius 2 is 1.71 bits per heavy atom. The Morgan fingerprint density at radius 3 is 2.25 bits per heavy atom. The van der Waals surface area contributed by atoms with E-state index in [2.05, 4.69) is 6.08 Å². The number of benzene rings is 1. The van der Waals surface area contributed by atoms with Gasteiger partial charge in [-0.3, -0.25) is 15.1 Å². The molecule has 1 aliphatic rings. The van der Waals surface area contributed by atoms with Gasteiger partial charge in [-0.1, -0.05) is 12.2 Å². The van der Waals surface area contributed by atoms with Gasteiger partial charge in [0.25, 0.3) is 5.69 Å². The molecule has 130 valence electrons. The van der Waals surface area contributed by atoms with Crippen molar-refractivity contribution in [2.24, 2.45) is 0 Å². The van der Waals surface area contributed by atoms with Gasteiger partial charge in [0, 0.05) is 25.2 Å². The third-order valence-corrected chi connectivity index (χ3v) is 3.44. The Labute approximate surface area is 141 Å². The summed E-state index contributed by atoms with van der Waals surface area (Å²) < 4.78 is 5.50. The summed E-state index contributed by atoms with van der Waals surface area (Å²) in [4.78, 5) is 22.9. The van der Waals surface area contributed by atoms with E-state index in [1.807, 2.05) is 31.9 Å². The van der Waals surface area contributed by atoms with Gasteiger partial charge in [0.05, 0.1) is 10.6 Å². The summed E-state index contributed by atoms with van der Waals surface area (Å²) in [6.07, 6.45) is 5.20. The molecule has 0 N–H and O–H groups in total. The van der Waals surface area contributed by atoms with Crippen molar-refractivity contribution in [2.45, 2.75) is 39.2 Å². The first-order valence-electron chi connectivity index (χ1n) is 7.95. The Balaban J connectivity index is 2.28. The lowest BCUT2D eigenvalue weighted by Gasteiger charge is -2.37. The molecule has 1 aliphatic heterocycles. The van der Waals surface area contributed by atoms with Crippen molar-refractivity contribution in [1.29, 1.82) is 0 Å². The largest absolute Gasteiger partial charge is 0.442 e. The molecular weight excluding hydrogens is 310 g/mol. The predicted molar refractivity (Wildman–Crippen MR) is 91.8 cm³/mol. The third kappa shape index (κ3) is 4.71. The van der Waals surface area contributed by atoms with Gasteiger partial charge in [0.2, 0.25) is 0 Å². The molecule has 0 bridgehead atoms. The van der Waals surface area contributed by atoms with Crippen molar-refractivity contribution in [3.05, 3.63) is 46.5 Å². The maximum atomic E-state index is 12.6. The highest BCUT2D eigenvalue weighted by Gasteiger charge is 2.27. The van der Waals surface area contributed by atoms with Crippen LogP contribution in [0.4, 0.5) is 16.2 Å². The Hall–Kier alpha value is -2.57. The van der Waals surface area contributed by atoms with E-state index in [1.54, 1.807) is 17.1 Å². The van der Waals surface area contributed by atoms with Gasteiger partial charge in [-0.2, -0.15) is 0 Å². The Kier molecular flexibility index (Phi) is 5.43. The normalized spacial score (nSPS) is 17.0. The topological polar surface area (TPSA) is 75.9 Å². The number of nitro groups is 1. The monoisotopic (exact) mass is 333 g/mol. The van der Waals surface area contributed by atoms with Gasteiger partial charge in [-0.05, 0) is 45.7 Å². The number of nitro benzene ring substituents is 1. The second-order valence-corrected chi connectivity index (χ2v) is 6.55. The number of nitrogens with zero attached hydrogens (tertiary/aromatic N) is 3.